The van der Waals surface area contributed by atoms with Gasteiger partial charge in [0.1, 0.15) is 0 Å². The smallest absolute Gasteiger partial charge is 0.0928 e. The Kier molecular flexibility index (Phi) is 2.20. The first-order valence-corrected chi connectivity index (χ1v) is 2.65. The summed E-state index contributed by atoms with van der Waals surface area (Å²) in [7, 11) is 0. The van der Waals surface area contributed by atoms with Gasteiger partial charge in [-0.2, -0.15) is 5.26 Å². The molecule has 0 aromatic rings. The quantitative estimate of drug-likeness (QED) is 0.328. The van der Waals surface area contributed by atoms with Gasteiger partial charge in [0.05, 0.1) is 17.2 Å². The predicted molar refractivity (Wildman–Crippen MR) is 34.3 cm³/mol. The van der Waals surface area contributed by atoms with E-state index < -0.39 is 5.41 Å². The van der Waals surface area contributed by atoms with Gasteiger partial charge < -0.3 is 5.21 Å². The summed E-state index contributed by atoms with van der Waals surface area (Å²) >= 11 is 0. The number of nitrogens with zero attached hydrogens (tertiary/aromatic N) is 2. The third kappa shape index (κ3) is 1.73. The minimum atomic E-state index is -0.644. The molecule has 50 valence electrons. The van der Waals surface area contributed by atoms with Crippen LogP contribution < -0.4 is 0 Å². The van der Waals surface area contributed by atoms with Gasteiger partial charge in [-0.3, -0.25) is 0 Å². The van der Waals surface area contributed by atoms with Crippen LogP contribution in [-0.4, -0.2) is 10.9 Å². The minimum Gasteiger partial charge on any atom is -0.411 e. The van der Waals surface area contributed by atoms with E-state index in [1.807, 2.05) is 6.07 Å². The lowest BCUT2D eigenvalue weighted by Crippen LogP contribution is -2.18. The van der Waals surface area contributed by atoms with Crippen LogP contribution in [0.1, 0.15) is 20.8 Å². The molecule has 0 atom stereocenters. The fourth-order valence-electron chi connectivity index (χ4n) is 0.206. The fourth-order valence-corrected chi connectivity index (χ4v) is 0.206. The summed E-state index contributed by atoms with van der Waals surface area (Å²) in [6, 6.07) is 2.00. The number of hydrogen-bond acceptors (Lipinski definition) is 3. The van der Waals surface area contributed by atoms with Gasteiger partial charge in [-0.05, 0) is 20.8 Å². The van der Waals surface area contributed by atoms with Crippen LogP contribution in [0.15, 0.2) is 5.16 Å². The van der Waals surface area contributed by atoms with E-state index in [9.17, 15) is 0 Å². The fraction of sp³-hybridized carbons (Fsp3) is 0.667. The Morgan fingerprint density at radius 1 is 1.67 bits per heavy atom. The van der Waals surface area contributed by atoms with Gasteiger partial charge in [0.15, 0.2) is 0 Å². The molecular weight excluding hydrogens is 116 g/mol. The Bertz CT molecular complexity index is 164. The molecule has 0 unspecified atom stereocenters. The number of nitriles is 1. The van der Waals surface area contributed by atoms with Crippen LogP contribution in [0.4, 0.5) is 0 Å². The zero-order valence-corrected chi connectivity index (χ0v) is 5.84. The molecular formula is C6H10N2O. The molecule has 0 aromatic carbocycles. The summed E-state index contributed by atoms with van der Waals surface area (Å²) in [4.78, 5) is 0. The standard InChI is InChI=1S/C6H10N2O/c1-5(8-9)6(2,3)4-7/h9H,1-3H3. The van der Waals surface area contributed by atoms with Gasteiger partial charge >= 0.3 is 0 Å². The molecule has 0 saturated heterocycles. The molecule has 0 aliphatic heterocycles. The molecule has 0 saturated carbocycles. The van der Waals surface area contributed by atoms with Crippen LogP contribution in [-0.2, 0) is 0 Å². The van der Waals surface area contributed by atoms with Gasteiger partial charge in [-0.25, -0.2) is 0 Å². The van der Waals surface area contributed by atoms with Gasteiger partial charge in [0.2, 0.25) is 0 Å². The summed E-state index contributed by atoms with van der Waals surface area (Å²) in [5.74, 6) is 0. The van der Waals surface area contributed by atoms with E-state index in [0.29, 0.717) is 5.71 Å². The van der Waals surface area contributed by atoms with Crippen molar-refractivity contribution in [2.75, 3.05) is 0 Å². The highest BCUT2D eigenvalue weighted by molar-refractivity contribution is 5.89. The Hall–Kier alpha value is -1.04. The topological polar surface area (TPSA) is 56.4 Å². The van der Waals surface area contributed by atoms with Crippen molar-refractivity contribution in [3.8, 4) is 6.07 Å². The van der Waals surface area contributed by atoms with Crippen molar-refractivity contribution in [3.05, 3.63) is 0 Å². The maximum atomic E-state index is 8.45. The highest BCUT2D eigenvalue weighted by atomic mass is 16.4. The van der Waals surface area contributed by atoms with Crippen molar-refractivity contribution in [2.24, 2.45) is 10.6 Å². The van der Waals surface area contributed by atoms with Crippen molar-refractivity contribution < 1.29 is 5.21 Å². The maximum absolute atomic E-state index is 8.45. The number of oxime groups is 1. The Morgan fingerprint density at radius 2 is 2.11 bits per heavy atom. The molecule has 0 amide bonds. The van der Waals surface area contributed by atoms with E-state index in [4.69, 9.17) is 10.5 Å². The average Bonchev–Trinajstić information content (AvgIpc) is 1.86. The van der Waals surface area contributed by atoms with Gasteiger partial charge in [-0.15, -0.1) is 0 Å². The first kappa shape index (κ1) is 7.96. The SMILES string of the molecule is CC(=NO)C(C)(C)C#N. The molecule has 0 bridgehead atoms. The third-order valence-corrected chi connectivity index (χ3v) is 1.33. The van der Waals surface area contributed by atoms with Gasteiger partial charge in [-0.1, -0.05) is 5.16 Å². The summed E-state index contributed by atoms with van der Waals surface area (Å²) in [6.07, 6.45) is 0. The van der Waals surface area contributed by atoms with E-state index in [2.05, 4.69) is 5.16 Å². The van der Waals surface area contributed by atoms with Crippen molar-refractivity contribution in [2.45, 2.75) is 20.8 Å². The number of hydrogen-bond donors (Lipinski definition) is 1. The number of rotatable bonds is 1. The monoisotopic (exact) mass is 126 g/mol. The molecule has 3 heteroatoms. The van der Waals surface area contributed by atoms with Gasteiger partial charge in [0, 0.05) is 0 Å². The average molecular weight is 126 g/mol. The zero-order chi connectivity index (χ0) is 7.49. The molecule has 0 aliphatic rings. The lowest BCUT2D eigenvalue weighted by molar-refractivity contribution is 0.313. The second-order valence-electron chi connectivity index (χ2n) is 2.42. The van der Waals surface area contributed by atoms with Crippen LogP contribution in [0.3, 0.4) is 0 Å². The highest BCUT2D eigenvalue weighted by Crippen LogP contribution is 2.14. The summed E-state index contributed by atoms with van der Waals surface area (Å²) in [6.45, 7) is 5.01. The molecule has 1 N–H and O–H groups in total. The van der Waals surface area contributed by atoms with Crippen LogP contribution in [0, 0.1) is 16.7 Å². The van der Waals surface area contributed by atoms with Gasteiger partial charge in [0.25, 0.3) is 0 Å². The second-order valence-corrected chi connectivity index (χ2v) is 2.42. The molecule has 0 fully saturated rings. The zero-order valence-electron chi connectivity index (χ0n) is 5.84. The third-order valence-electron chi connectivity index (χ3n) is 1.33. The van der Waals surface area contributed by atoms with Crippen LogP contribution in [0.2, 0.25) is 0 Å². The molecule has 0 spiro atoms. The first-order valence-electron chi connectivity index (χ1n) is 2.65. The second kappa shape index (κ2) is 2.49. The summed E-state index contributed by atoms with van der Waals surface area (Å²) in [5.41, 5.74) is -0.209. The Labute approximate surface area is 54.6 Å². The van der Waals surface area contributed by atoms with Crippen LogP contribution in [0.25, 0.3) is 0 Å². The lowest BCUT2D eigenvalue weighted by Gasteiger charge is -2.11. The summed E-state index contributed by atoms with van der Waals surface area (Å²) in [5, 5.41) is 19.6. The van der Waals surface area contributed by atoms with E-state index in [0.717, 1.165) is 0 Å². The summed E-state index contributed by atoms with van der Waals surface area (Å²) < 4.78 is 0. The Balaban J connectivity index is 4.39. The Morgan fingerprint density at radius 3 is 2.22 bits per heavy atom. The van der Waals surface area contributed by atoms with E-state index in [-0.39, 0.29) is 0 Å². The molecule has 0 radical (unpaired) electrons. The van der Waals surface area contributed by atoms with Crippen molar-refractivity contribution in [3.63, 3.8) is 0 Å². The van der Waals surface area contributed by atoms with E-state index >= 15 is 0 Å². The van der Waals surface area contributed by atoms with E-state index in [1.54, 1.807) is 20.8 Å². The van der Waals surface area contributed by atoms with Crippen molar-refractivity contribution >= 4 is 5.71 Å². The minimum absolute atomic E-state index is 0.435. The maximum Gasteiger partial charge on any atom is 0.0928 e. The molecule has 9 heavy (non-hydrogen) atoms. The molecule has 3 nitrogen and oxygen atoms in total. The normalized spacial score (nSPS) is 12.9. The van der Waals surface area contributed by atoms with Crippen molar-refractivity contribution in [1.82, 2.24) is 0 Å². The van der Waals surface area contributed by atoms with Crippen LogP contribution >= 0.6 is 0 Å². The first-order chi connectivity index (χ1) is 4.04. The lowest BCUT2D eigenvalue weighted by atomic mass is 9.91. The molecule has 0 heterocycles. The molecule has 0 aromatic heterocycles. The predicted octanol–water partition coefficient (Wildman–Crippen LogP) is 1.39. The molecule has 0 rings (SSSR count). The van der Waals surface area contributed by atoms with Crippen molar-refractivity contribution in [1.29, 1.82) is 5.26 Å². The van der Waals surface area contributed by atoms with Crippen LogP contribution in [0.5, 0.6) is 0 Å². The largest absolute Gasteiger partial charge is 0.411 e. The molecule has 0 aliphatic carbocycles. The van der Waals surface area contributed by atoms with E-state index in [1.165, 1.54) is 0 Å². The highest BCUT2D eigenvalue weighted by Gasteiger charge is 2.20.